The van der Waals surface area contributed by atoms with Crippen LogP contribution < -0.4 is 10.6 Å². The lowest BCUT2D eigenvalue weighted by molar-refractivity contribution is -0.119. The molecule has 9 heteroatoms. The van der Waals surface area contributed by atoms with Crippen LogP contribution in [0.3, 0.4) is 0 Å². The number of carbonyl (C=O) groups excluding carboxylic acids is 2. The average molecular weight is 420 g/mol. The van der Waals surface area contributed by atoms with Crippen molar-refractivity contribution >= 4 is 23.6 Å². The standard InChI is InChI=1S/C20H26FN5O2S/c1-3-26-18(13(2)22-19(28)15-10-6-7-11-16(15)21)24-25-20(26)29-12-17(27)23-14-8-4-5-9-14/h6-7,10-11,13-14H,3-5,8-9,12H2,1-2H3,(H,22,28)(H,23,27)/t13-/m1/s1. The molecule has 1 aliphatic rings. The monoisotopic (exact) mass is 419 g/mol. The zero-order valence-electron chi connectivity index (χ0n) is 16.7. The van der Waals surface area contributed by atoms with Crippen molar-refractivity contribution in [2.75, 3.05) is 5.75 Å². The van der Waals surface area contributed by atoms with Crippen molar-refractivity contribution in [1.82, 2.24) is 25.4 Å². The second kappa shape index (κ2) is 9.87. The van der Waals surface area contributed by atoms with Crippen LogP contribution in [0.5, 0.6) is 0 Å². The van der Waals surface area contributed by atoms with Crippen molar-refractivity contribution < 1.29 is 14.0 Å². The third-order valence-corrected chi connectivity index (χ3v) is 5.93. The maximum Gasteiger partial charge on any atom is 0.254 e. The zero-order valence-corrected chi connectivity index (χ0v) is 17.5. The molecule has 0 bridgehead atoms. The number of nitrogens with zero attached hydrogens (tertiary/aromatic N) is 3. The molecule has 1 aliphatic carbocycles. The number of hydrogen-bond donors (Lipinski definition) is 2. The van der Waals surface area contributed by atoms with Gasteiger partial charge >= 0.3 is 0 Å². The van der Waals surface area contributed by atoms with Crippen LogP contribution >= 0.6 is 11.8 Å². The van der Waals surface area contributed by atoms with Crippen LogP contribution in [0.1, 0.15) is 61.8 Å². The van der Waals surface area contributed by atoms with Crippen LogP contribution in [0.4, 0.5) is 4.39 Å². The summed E-state index contributed by atoms with van der Waals surface area (Å²) in [5.74, 6) is -0.249. The summed E-state index contributed by atoms with van der Waals surface area (Å²) >= 11 is 1.32. The van der Waals surface area contributed by atoms with Crippen LogP contribution in [0.25, 0.3) is 0 Å². The van der Waals surface area contributed by atoms with Gasteiger partial charge in [0.15, 0.2) is 11.0 Å². The van der Waals surface area contributed by atoms with Gasteiger partial charge in [-0.15, -0.1) is 10.2 Å². The first-order valence-corrected chi connectivity index (χ1v) is 10.9. The molecule has 29 heavy (non-hydrogen) atoms. The number of rotatable bonds is 8. The summed E-state index contributed by atoms with van der Waals surface area (Å²) < 4.78 is 15.7. The molecule has 3 rings (SSSR count). The van der Waals surface area contributed by atoms with Crippen LogP contribution in [0.2, 0.25) is 0 Å². The molecule has 1 saturated carbocycles. The summed E-state index contributed by atoms with van der Waals surface area (Å²) in [5, 5.41) is 14.8. The minimum atomic E-state index is -0.571. The van der Waals surface area contributed by atoms with Crippen LogP contribution in [0.15, 0.2) is 29.4 Å². The highest BCUT2D eigenvalue weighted by Crippen LogP contribution is 2.22. The molecule has 0 saturated heterocycles. The Bertz CT molecular complexity index is 866. The fraction of sp³-hybridized carbons (Fsp3) is 0.500. The predicted molar refractivity (Wildman–Crippen MR) is 109 cm³/mol. The lowest BCUT2D eigenvalue weighted by Crippen LogP contribution is -2.33. The SMILES string of the molecule is CCn1c(SCC(=O)NC2CCCC2)nnc1[C@@H](C)NC(=O)c1ccccc1F. The lowest BCUT2D eigenvalue weighted by Gasteiger charge is -2.15. The van der Waals surface area contributed by atoms with E-state index < -0.39 is 17.8 Å². The minimum Gasteiger partial charge on any atom is -0.353 e. The molecule has 1 aromatic carbocycles. The highest BCUT2D eigenvalue weighted by atomic mass is 32.2. The second-order valence-electron chi connectivity index (χ2n) is 7.10. The zero-order chi connectivity index (χ0) is 20.8. The molecule has 0 aliphatic heterocycles. The first kappa shape index (κ1) is 21.3. The molecule has 2 amide bonds. The van der Waals surface area contributed by atoms with Gasteiger partial charge in [0, 0.05) is 12.6 Å². The largest absolute Gasteiger partial charge is 0.353 e. The molecular weight excluding hydrogens is 393 g/mol. The van der Waals surface area contributed by atoms with E-state index in [1.54, 1.807) is 13.0 Å². The molecule has 2 N–H and O–H groups in total. The number of hydrogen-bond acceptors (Lipinski definition) is 5. The Morgan fingerprint density at radius 3 is 2.69 bits per heavy atom. The Hall–Kier alpha value is -2.42. The van der Waals surface area contributed by atoms with Gasteiger partial charge in [0.05, 0.1) is 17.4 Å². The fourth-order valence-electron chi connectivity index (χ4n) is 3.48. The fourth-order valence-corrected chi connectivity index (χ4v) is 4.30. The number of benzene rings is 1. The van der Waals surface area contributed by atoms with E-state index in [4.69, 9.17) is 0 Å². The number of carbonyl (C=O) groups is 2. The summed E-state index contributed by atoms with van der Waals surface area (Å²) in [7, 11) is 0. The number of thioether (sulfide) groups is 1. The molecular formula is C20H26FN5O2S. The van der Waals surface area contributed by atoms with E-state index in [1.807, 2.05) is 11.5 Å². The Kier molecular flexibility index (Phi) is 7.24. The Morgan fingerprint density at radius 2 is 2.00 bits per heavy atom. The summed E-state index contributed by atoms with van der Waals surface area (Å²) in [4.78, 5) is 24.5. The van der Waals surface area contributed by atoms with Gasteiger partial charge in [0.25, 0.3) is 5.91 Å². The van der Waals surface area contributed by atoms with Gasteiger partial charge in [-0.1, -0.05) is 36.7 Å². The average Bonchev–Trinajstić information content (AvgIpc) is 3.35. The summed E-state index contributed by atoms with van der Waals surface area (Å²) in [6.07, 6.45) is 4.43. The molecule has 1 aromatic heterocycles. The van der Waals surface area contributed by atoms with E-state index in [9.17, 15) is 14.0 Å². The topological polar surface area (TPSA) is 88.9 Å². The van der Waals surface area contributed by atoms with Gasteiger partial charge < -0.3 is 15.2 Å². The van der Waals surface area contributed by atoms with Crippen molar-refractivity contribution in [2.24, 2.45) is 0 Å². The molecule has 1 fully saturated rings. The minimum absolute atomic E-state index is 0.00462. The van der Waals surface area contributed by atoms with Gasteiger partial charge in [0.1, 0.15) is 5.82 Å². The maximum atomic E-state index is 13.8. The first-order chi connectivity index (χ1) is 14.0. The molecule has 156 valence electrons. The Labute approximate surface area is 173 Å². The quantitative estimate of drug-likeness (QED) is 0.642. The van der Waals surface area contributed by atoms with Crippen LogP contribution in [0, 0.1) is 5.82 Å². The van der Waals surface area contributed by atoms with Gasteiger partial charge in [-0.3, -0.25) is 9.59 Å². The Balaban J connectivity index is 1.61. The molecule has 7 nitrogen and oxygen atoms in total. The second-order valence-corrected chi connectivity index (χ2v) is 8.04. The molecule has 0 radical (unpaired) electrons. The van der Waals surface area contributed by atoms with Gasteiger partial charge in [-0.2, -0.15) is 0 Å². The van der Waals surface area contributed by atoms with Gasteiger partial charge in [-0.25, -0.2) is 4.39 Å². The lowest BCUT2D eigenvalue weighted by atomic mass is 10.2. The van der Waals surface area contributed by atoms with E-state index in [1.165, 1.54) is 42.8 Å². The molecule has 0 unspecified atom stereocenters. The summed E-state index contributed by atoms with van der Waals surface area (Å²) in [6.45, 7) is 4.31. The number of amides is 2. The molecule has 1 atom stereocenters. The van der Waals surface area contributed by atoms with Crippen molar-refractivity contribution in [2.45, 2.75) is 63.3 Å². The molecule has 1 heterocycles. The van der Waals surface area contributed by atoms with E-state index in [0.717, 1.165) is 12.8 Å². The van der Waals surface area contributed by atoms with Crippen LogP contribution in [-0.2, 0) is 11.3 Å². The smallest absolute Gasteiger partial charge is 0.254 e. The van der Waals surface area contributed by atoms with E-state index in [-0.39, 0.29) is 23.3 Å². The highest BCUT2D eigenvalue weighted by molar-refractivity contribution is 7.99. The first-order valence-electron chi connectivity index (χ1n) is 9.90. The third kappa shape index (κ3) is 5.35. The van der Waals surface area contributed by atoms with Crippen molar-refractivity contribution in [1.29, 1.82) is 0 Å². The van der Waals surface area contributed by atoms with Gasteiger partial charge in [-0.05, 0) is 38.8 Å². The van der Waals surface area contributed by atoms with E-state index >= 15 is 0 Å². The highest BCUT2D eigenvalue weighted by Gasteiger charge is 2.22. The number of halogens is 1. The summed E-state index contributed by atoms with van der Waals surface area (Å²) in [5.41, 5.74) is -0.0138. The maximum absolute atomic E-state index is 13.8. The van der Waals surface area contributed by atoms with E-state index in [0.29, 0.717) is 17.5 Å². The predicted octanol–water partition coefficient (Wildman–Crippen LogP) is 3.08. The van der Waals surface area contributed by atoms with Gasteiger partial charge in [0.2, 0.25) is 5.91 Å². The molecule has 2 aromatic rings. The summed E-state index contributed by atoms with van der Waals surface area (Å²) in [6, 6.07) is 5.66. The molecule has 0 spiro atoms. The van der Waals surface area contributed by atoms with Crippen molar-refractivity contribution in [3.8, 4) is 0 Å². The third-order valence-electron chi connectivity index (χ3n) is 4.97. The van der Waals surface area contributed by atoms with Crippen molar-refractivity contribution in [3.63, 3.8) is 0 Å². The van der Waals surface area contributed by atoms with Crippen molar-refractivity contribution in [3.05, 3.63) is 41.5 Å². The van der Waals surface area contributed by atoms with E-state index in [2.05, 4.69) is 20.8 Å². The number of aromatic nitrogens is 3. The van der Waals surface area contributed by atoms with Crippen LogP contribution in [-0.4, -0.2) is 38.4 Å². The number of nitrogens with one attached hydrogen (secondary N) is 2. The Morgan fingerprint density at radius 1 is 1.28 bits per heavy atom. The normalized spacial score (nSPS) is 15.3.